The number of ether oxygens (including phenoxy) is 2. The van der Waals surface area contributed by atoms with Gasteiger partial charge in [0, 0.05) is 49.9 Å². The molecule has 3 aromatic rings. The lowest BCUT2D eigenvalue weighted by molar-refractivity contribution is -0.132. The molecule has 0 bridgehead atoms. The first-order valence-electron chi connectivity index (χ1n) is 12.9. The van der Waals surface area contributed by atoms with Crippen LogP contribution in [0.5, 0.6) is 11.5 Å². The fourth-order valence-electron chi connectivity index (χ4n) is 4.50. The first-order chi connectivity index (χ1) is 18.4. The van der Waals surface area contributed by atoms with Crippen LogP contribution in [-0.4, -0.2) is 85.3 Å². The molecular weight excluding hydrogens is 482 g/mol. The monoisotopic (exact) mass is 517 g/mol. The van der Waals surface area contributed by atoms with Gasteiger partial charge in [0.25, 0.3) is 5.91 Å². The zero-order valence-corrected chi connectivity index (χ0v) is 22.5. The van der Waals surface area contributed by atoms with Gasteiger partial charge < -0.3 is 24.2 Å². The minimum absolute atomic E-state index is 0.0356. The van der Waals surface area contributed by atoms with Crippen LogP contribution in [0.4, 0.5) is 5.82 Å². The fraction of sp³-hybridized carbons (Fsp3) is 0.379. The molecule has 1 saturated heterocycles. The number of aryl methyl sites for hydroxylation is 1. The summed E-state index contributed by atoms with van der Waals surface area (Å²) in [5, 5.41) is 8.85. The van der Waals surface area contributed by atoms with E-state index in [1.807, 2.05) is 73.3 Å². The van der Waals surface area contributed by atoms with Gasteiger partial charge in [-0.3, -0.25) is 9.59 Å². The van der Waals surface area contributed by atoms with Crippen LogP contribution in [0.2, 0.25) is 0 Å². The third-order valence-electron chi connectivity index (χ3n) is 6.70. The average molecular weight is 518 g/mol. The Labute approximate surface area is 224 Å². The lowest BCUT2D eigenvalue weighted by Gasteiger charge is -2.36. The van der Waals surface area contributed by atoms with E-state index in [9.17, 15) is 9.59 Å². The topological polar surface area (TPSA) is 88.1 Å². The summed E-state index contributed by atoms with van der Waals surface area (Å²) in [4.78, 5) is 31.7. The number of methoxy groups -OCH3 is 2. The van der Waals surface area contributed by atoms with Crippen molar-refractivity contribution >= 4 is 17.6 Å². The molecule has 2 heterocycles. The lowest BCUT2D eigenvalue weighted by Crippen LogP contribution is -2.52. The van der Waals surface area contributed by atoms with Crippen molar-refractivity contribution in [1.29, 1.82) is 0 Å². The number of nitrogens with zero attached hydrogens (tertiary/aromatic N) is 5. The second-order valence-electron chi connectivity index (χ2n) is 9.30. The van der Waals surface area contributed by atoms with Crippen LogP contribution in [0.3, 0.4) is 0 Å². The molecular formula is C29H35N5O4. The Kier molecular flexibility index (Phi) is 8.78. The molecule has 0 aliphatic carbocycles. The molecule has 0 saturated carbocycles. The zero-order chi connectivity index (χ0) is 27.1. The molecule has 9 nitrogen and oxygen atoms in total. The quantitative estimate of drug-likeness (QED) is 0.428. The van der Waals surface area contributed by atoms with Gasteiger partial charge in [-0.15, -0.1) is 10.2 Å². The normalized spacial score (nSPS) is 13.3. The lowest BCUT2D eigenvalue weighted by atomic mass is 10.1. The predicted molar refractivity (Wildman–Crippen MR) is 147 cm³/mol. The van der Waals surface area contributed by atoms with E-state index >= 15 is 0 Å². The van der Waals surface area contributed by atoms with Crippen LogP contribution in [0, 0.1) is 6.92 Å². The summed E-state index contributed by atoms with van der Waals surface area (Å²) in [5.74, 6) is 1.99. The van der Waals surface area contributed by atoms with Crippen LogP contribution >= 0.6 is 0 Å². The Bertz CT molecular complexity index is 1240. The summed E-state index contributed by atoms with van der Waals surface area (Å²) < 4.78 is 10.8. The summed E-state index contributed by atoms with van der Waals surface area (Å²) in [5.41, 5.74) is 3.24. The van der Waals surface area contributed by atoms with Gasteiger partial charge in [0.2, 0.25) is 5.91 Å². The first kappa shape index (κ1) is 26.9. The van der Waals surface area contributed by atoms with E-state index in [4.69, 9.17) is 9.47 Å². The summed E-state index contributed by atoms with van der Waals surface area (Å²) in [6.45, 7) is 7.03. The maximum absolute atomic E-state index is 13.1. The van der Waals surface area contributed by atoms with E-state index in [2.05, 4.69) is 15.1 Å². The van der Waals surface area contributed by atoms with Gasteiger partial charge in [-0.05, 0) is 49.7 Å². The molecule has 2 aromatic carbocycles. The van der Waals surface area contributed by atoms with Gasteiger partial charge in [-0.1, -0.05) is 24.6 Å². The van der Waals surface area contributed by atoms with E-state index in [0.717, 1.165) is 23.4 Å². The van der Waals surface area contributed by atoms with Crippen molar-refractivity contribution in [2.45, 2.75) is 20.3 Å². The van der Waals surface area contributed by atoms with Gasteiger partial charge in [0.15, 0.2) is 5.82 Å². The van der Waals surface area contributed by atoms with Gasteiger partial charge in [-0.2, -0.15) is 0 Å². The molecule has 4 rings (SSSR count). The number of hydrogen-bond acceptors (Lipinski definition) is 7. The van der Waals surface area contributed by atoms with E-state index < -0.39 is 0 Å². The molecule has 9 heteroatoms. The molecule has 1 aliphatic rings. The molecule has 0 atom stereocenters. The van der Waals surface area contributed by atoms with Gasteiger partial charge in [-0.25, -0.2) is 0 Å². The number of hydrogen-bond donors (Lipinski definition) is 0. The SMILES string of the molecule is CCCN(CC(=O)N1CCN(c2ccc(-c3ccc(OC)cc3OC)nn2)CC1)C(=O)c1ccc(C)cc1. The maximum atomic E-state index is 13.1. The summed E-state index contributed by atoms with van der Waals surface area (Å²) >= 11 is 0. The molecule has 0 radical (unpaired) electrons. The minimum Gasteiger partial charge on any atom is -0.497 e. The van der Waals surface area contributed by atoms with Gasteiger partial charge in [0.1, 0.15) is 18.0 Å². The maximum Gasteiger partial charge on any atom is 0.254 e. The third-order valence-corrected chi connectivity index (χ3v) is 6.70. The molecule has 1 aromatic heterocycles. The van der Waals surface area contributed by atoms with Crippen LogP contribution < -0.4 is 14.4 Å². The van der Waals surface area contributed by atoms with Gasteiger partial charge >= 0.3 is 0 Å². The third kappa shape index (κ3) is 6.22. The Morgan fingerprint density at radius 1 is 0.921 bits per heavy atom. The highest BCUT2D eigenvalue weighted by Gasteiger charge is 2.26. The summed E-state index contributed by atoms with van der Waals surface area (Å²) in [7, 11) is 3.23. The Morgan fingerprint density at radius 2 is 1.66 bits per heavy atom. The number of carbonyl (C=O) groups is 2. The molecule has 200 valence electrons. The standard InChI is InChI=1S/C29H35N5O4/c1-5-14-34(29(36)22-8-6-21(2)7-9-22)20-28(35)33-17-15-32(16-18-33)27-13-12-25(30-31-27)24-11-10-23(37-3)19-26(24)38-4/h6-13,19H,5,14-18,20H2,1-4H3. The Hall–Kier alpha value is -4.14. The van der Waals surface area contributed by atoms with E-state index in [1.165, 1.54) is 0 Å². The molecule has 1 aliphatic heterocycles. The van der Waals surface area contributed by atoms with Crippen molar-refractivity contribution in [3.05, 3.63) is 65.7 Å². The highest BCUT2D eigenvalue weighted by Crippen LogP contribution is 2.32. The van der Waals surface area contributed by atoms with E-state index in [0.29, 0.717) is 55.5 Å². The largest absolute Gasteiger partial charge is 0.497 e. The number of rotatable bonds is 9. The van der Waals surface area contributed by atoms with Crippen LogP contribution in [0.1, 0.15) is 29.3 Å². The van der Waals surface area contributed by atoms with Crippen molar-refractivity contribution in [3.63, 3.8) is 0 Å². The van der Waals surface area contributed by atoms with Crippen molar-refractivity contribution in [2.24, 2.45) is 0 Å². The number of amides is 2. The number of carbonyl (C=O) groups excluding carboxylic acids is 2. The number of benzene rings is 2. The highest BCUT2D eigenvalue weighted by molar-refractivity contribution is 5.96. The number of aromatic nitrogens is 2. The second-order valence-corrected chi connectivity index (χ2v) is 9.30. The molecule has 0 spiro atoms. The van der Waals surface area contributed by atoms with Crippen LogP contribution in [0.15, 0.2) is 54.6 Å². The first-order valence-corrected chi connectivity index (χ1v) is 12.9. The fourth-order valence-corrected chi connectivity index (χ4v) is 4.50. The second kappa shape index (κ2) is 12.4. The van der Waals surface area contributed by atoms with Gasteiger partial charge in [0.05, 0.1) is 19.9 Å². The van der Waals surface area contributed by atoms with Crippen molar-refractivity contribution in [1.82, 2.24) is 20.0 Å². The zero-order valence-electron chi connectivity index (χ0n) is 22.5. The molecule has 0 N–H and O–H groups in total. The highest BCUT2D eigenvalue weighted by atomic mass is 16.5. The summed E-state index contributed by atoms with van der Waals surface area (Å²) in [6.07, 6.45) is 0.787. The Morgan fingerprint density at radius 3 is 2.26 bits per heavy atom. The van der Waals surface area contributed by atoms with E-state index in [-0.39, 0.29) is 18.4 Å². The van der Waals surface area contributed by atoms with Crippen molar-refractivity contribution in [2.75, 3.05) is 58.4 Å². The van der Waals surface area contributed by atoms with Crippen LogP contribution in [0.25, 0.3) is 11.3 Å². The van der Waals surface area contributed by atoms with E-state index in [1.54, 1.807) is 19.1 Å². The molecule has 2 amide bonds. The number of anilines is 1. The minimum atomic E-state index is -0.109. The van der Waals surface area contributed by atoms with Crippen molar-refractivity contribution < 1.29 is 19.1 Å². The Balaban J connectivity index is 1.35. The number of piperazine rings is 1. The molecule has 0 unspecified atom stereocenters. The molecule has 38 heavy (non-hydrogen) atoms. The smallest absolute Gasteiger partial charge is 0.254 e. The average Bonchev–Trinajstić information content (AvgIpc) is 2.96. The van der Waals surface area contributed by atoms with Crippen molar-refractivity contribution in [3.8, 4) is 22.8 Å². The van der Waals surface area contributed by atoms with Crippen LogP contribution in [-0.2, 0) is 4.79 Å². The predicted octanol–water partition coefficient (Wildman–Crippen LogP) is 3.67. The summed E-state index contributed by atoms with van der Waals surface area (Å²) in [6, 6.07) is 16.9. The molecule has 1 fully saturated rings.